The third kappa shape index (κ3) is 8.55. The van der Waals surface area contributed by atoms with Crippen LogP contribution in [0.5, 0.6) is 0 Å². The first-order valence-electron chi connectivity index (χ1n) is 9.10. The minimum atomic E-state index is 1.09. The predicted molar refractivity (Wildman–Crippen MR) is 98.4 cm³/mol. The zero-order valence-corrected chi connectivity index (χ0v) is 15.3. The van der Waals surface area contributed by atoms with Crippen molar-refractivity contribution in [2.24, 2.45) is 0 Å². The predicted octanol–water partition coefficient (Wildman–Crippen LogP) is 4.58. The molecular weight excluding hydrogens is 268 g/mol. The molecule has 0 N–H and O–H groups in total. The van der Waals surface area contributed by atoms with Crippen molar-refractivity contribution < 1.29 is 0 Å². The van der Waals surface area contributed by atoms with Gasteiger partial charge >= 0.3 is 0 Å². The van der Waals surface area contributed by atoms with E-state index in [1.165, 1.54) is 49.8 Å². The first-order chi connectivity index (χ1) is 10.7. The van der Waals surface area contributed by atoms with Crippen molar-refractivity contribution in [2.45, 2.75) is 58.9 Å². The van der Waals surface area contributed by atoms with Crippen molar-refractivity contribution in [1.29, 1.82) is 0 Å². The van der Waals surface area contributed by atoms with Crippen LogP contribution in [0.25, 0.3) is 0 Å². The molecule has 0 saturated heterocycles. The van der Waals surface area contributed by atoms with Gasteiger partial charge in [-0.15, -0.1) is 0 Å². The van der Waals surface area contributed by atoms with Crippen LogP contribution in [0.3, 0.4) is 0 Å². The van der Waals surface area contributed by atoms with Crippen LogP contribution in [0.15, 0.2) is 24.3 Å². The topological polar surface area (TPSA) is 6.48 Å². The molecule has 0 aromatic heterocycles. The Balaban J connectivity index is 2.48. The number of nitrogens with zero attached hydrogens (tertiary/aromatic N) is 2. The van der Waals surface area contributed by atoms with E-state index in [0.29, 0.717) is 0 Å². The van der Waals surface area contributed by atoms with Gasteiger partial charge < -0.3 is 4.90 Å². The molecule has 22 heavy (non-hydrogen) atoms. The average Bonchev–Trinajstić information content (AvgIpc) is 2.52. The Morgan fingerprint density at radius 1 is 0.818 bits per heavy atom. The Labute approximate surface area is 138 Å². The summed E-state index contributed by atoms with van der Waals surface area (Å²) in [5.41, 5.74) is 2.92. The second-order valence-electron chi connectivity index (χ2n) is 6.67. The molecule has 2 heteroatoms. The van der Waals surface area contributed by atoms with E-state index >= 15 is 0 Å². The first-order valence-corrected chi connectivity index (χ1v) is 9.10. The van der Waals surface area contributed by atoms with E-state index in [1.54, 1.807) is 0 Å². The molecule has 0 heterocycles. The largest absolute Gasteiger partial charge is 0.308 e. The van der Waals surface area contributed by atoms with Crippen molar-refractivity contribution >= 4 is 0 Å². The van der Waals surface area contributed by atoms with Crippen molar-refractivity contribution in [3.63, 3.8) is 0 Å². The Morgan fingerprint density at radius 3 is 2.23 bits per heavy atom. The Bertz CT molecular complexity index is 387. The van der Waals surface area contributed by atoms with E-state index in [0.717, 1.165) is 26.1 Å². The van der Waals surface area contributed by atoms with Gasteiger partial charge in [0.25, 0.3) is 0 Å². The number of unbranched alkanes of at least 4 members (excludes halogenated alkanes) is 4. The number of hydrogen-bond acceptors (Lipinski definition) is 2. The van der Waals surface area contributed by atoms with Crippen LogP contribution in [0, 0.1) is 0 Å². The van der Waals surface area contributed by atoms with Gasteiger partial charge in [0.15, 0.2) is 0 Å². The molecule has 2 nitrogen and oxygen atoms in total. The molecule has 0 radical (unpaired) electrons. The molecule has 0 aliphatic carbocycles. The lowest BCUT2D eigenvalue weighted by molar-refractivity contribution is 0.229. The standard InChI is InChI=1S/C20H36N2/c1-5-7-8-9-10-14-22(16-15-21(3)4)18-20-13-11-12-19(6-2)17-20/h11-13,17H,5-10,14-16,18H2,1-4H3. The Hall–Kier alpha value is -0.860. The summed E-state index contributed by atoms with van der Waals surface area (Å²) in [7, 11) is 4.33. The lowest BCUT2D eigenvalue weighted by atomic mass is 10.1. The summed E-state index contributed by atoms with van der Waals surface area (Å²) in [6, 6.07) is 9.09. The van der Waals surface area contributed by atoms with Gasteiger partial charge in [-0.3, -0.25) is 4.90 Å². The van der Waals surface area contributed by atoms with Crippen LogP contribution in [0.2, 0.25) is 0 Å². The number of benzene rings is 1. The summed E-state index contributed by atoms with van der Waals surface area (Å²) in [6.45, 7) is 9.14. The number of likely N-dealkylation sites (N-methyl/N-ethyl adjacent to an activating group) is 1. The molecule has 1 rings (SSSR count). The van der Waals surface area contributed by atoms with Crippen molar-refractivity contribution in [1.82, 2.24) is 9.80 Å². The van der Waals surface area contributed by atoms with Gasteiger partial charge in [-0.2, -0.15) is 0 Å². The molecule has 0 atom stereocenters. The van der Waals surface area contributed by atoms with Gasteiger partial charge in [-0.1, -0.05) is 63.8 Å². The molecule has 0 amide bonds. The molecule has 0 bridgehead atoms. The lowest BCUT2D eigenvalue weighted by Crippen LogP contribution is -2.32. The van der Waals surface area contributed by atoms with Gasteiger partial charge in [0.2, 0.25) is 0 Å². The van der Waals surface area contributed by atoms with E-state index in [9.17, 15) is 0 Å². The highest BCUT2D eigenvalue weighted by Crippen LogP contribution is 2.11. The zero-order chi connectivity index (χ0) is 16.2. The quantitative estimate of drug-likeness (QED) is 0.521. The minimum Gasteiger partial charge on any atom is -0.308 e. The van der Waals surface area contributed by atoms with Crippen LogP contribution in [0.4, 0.5) is 0 Å². The molecule has 1 aromatic carbocycles. The molecule has 126 valence electrons. The van der Waals surface area contributed by atoms with E-state index in [4.69, 9.17) is 0 Å². The monoisotopic (exact) mass is 304 g/mol. The van der Waals surface area contributed by atoms with Crippen molar-refractivity contribution in [2.75, 3.05) is 33.7 Å². The fourth-order valence-electron chi connectivity index (χ4n) is 2.76. The number of aryl methyl sites for hydroxylation is 1. The summed E-state index contributed by atoms with van der Waals surface area (Å²) in [4.78, 5) is 4.91. The molecule has 1 aromatic rings. The van der Waals surface area contributed by atoms with Crippen molar-refractivity contribution in [3.05, 3.63) is 35.4 Å². The summed E-state index contributed by atoms with van der Waals surface area (Å²) in [6.07, 6.45) is 7.94. The van der Waals surface area contributed by atoms with E-state index in [1.807, 2.05) is 0 Å². The summed E-state index contributed by atoms with van der Waals surface area (Å²) < 4.78 is 0. The molecular formula is C20H36N2. The smallest absolute Gasteiger partial charge is 0.0234 e. The van der Waals surface area contributed by atoms with Gasteiger partial charge in [-0.05, 0) is 44.6 Å². The third-order valence-corrected chi connectivity index (χ3v) is 4.25. The van der Waals surface area contributed by atoms with Crippen LogP contribution >= 0.6 is 0 Å². The third-order valence-electron chi connectivity index (χ3n) is 4.25. The van der Waals surface area contributed by atoms with Gasteiger partial charge in [-0.25, -0.2) is 0 Å². The van der Waals surface area contributed by atoms with Crippen LogP contribution in [-0.2, 0) is 13.0 Å². The number of rotatable bonds is 12. The Kier molecular flexibility index (Phi) is 10.2. The van der Waals surface area contributed by atoms with Crippen LogP contribution in [0.1, 0.15) is 57.1 Å². The van der Waals surface area contributed by atoms with Gasteiger partial charge in [0, 0.05) is 19.6 Å². The summed E-state index contributed by atoms with van der Waals surface area (Å²) in [5.74, 6) is 0. The van der Waals surface area contributed by atoms with Crippen molar-refractivity contribution in [3.8, 4) is 0 Å². The molecule has 0 fully saturated rings. The average molecular weight is 305 g/mol. The van der Waals surface area contributed by atoms with E-state index in [-0.39, 0.29) is 0 Å². The first kappa shape index (κ1) is 19.2. The van der Waals surface area contributed by atoms with Gasteiger partial charge in [0.05, 0.1) is 0 Å². The fourth-order valence-corrected chi connectivity index (χ4v) is 2.76. The molecule has 0 spiro atoms. The Morgan fingerprint density at radius 2 is 1.55 bits per heavy atom. The second-order valence-corrected chi connectivity index (χ2v) is 6.67. The van der Waals surface area contributed by atoms with E-state index in [2.05, 4.69) is 62.0 Å². The zero-order valence-electron chi connectivity index (χ0n) is 15.3. The lowest BCUT2D eigenvalue weighted by Gasteiger charge is -2.24. The maximum Gasteiger partial charge on any atom is 0.0234 e. The maximum atomic E-state index is 2.63. The minimum absolute atomic E-state index is 1.09. The van der Waals surface area contributed by atoms with Crippen LogP contribution < -0.4 is 0 Å². The highest BCUT2D eigenvalue weighted by molar-refractivity contribution is 5.23. The second kappa shape index (κ2) is 11.7. The van der Waals surface area contributed by atoms with Crippen LogP contribution in [-0.4, -0.2) is 43.5 Å². The molecule has 0 saturated carbocycles. The molecule has 0 aliphatic rings. The van der Waals surface area contributed by atoms with Gasteiger partial charge in [0.1, 0.15) is 0 Å². The normalized spacial score (nSPS) is 11.5. The molecule has 0 unspecified atom stereocenters. The number of hydrogen-bond donors (Lipinski definition) is 0. The highest BCUT2D eigenvalue weighted by Gasteiger charge is 2.07. The van der Waals surface area contributed by atoms with E-state index < -0.39 is 0 Å². The SMILES string of the molecule is CCCCCCCN(CCN(C)C)Cc1cccc(CC)c1. The maximum absolute atomic E-state index is 2.63. The summed E-state index contributed by atoms with van der Waals surface area (Å²) >= 11 is 0. The molecule has 0 aliphatic heterocycles. The summed E-state index contributed by atoms with van der Waals surface area (Å²) in [5, 5.41) is 0. The highest BCUT2D eigenvalue weighted by atomic mass is 15.2. The fraction of sp³-hybridized carbons (Fsp3) is 0.700.